The molecule has 1 aromatic carbocycles. The van der Waals surface area contributed by atoms with Crippen molar-refractivity contribution in [3.05, 3.63) is 51.2 Å². The molecule has 1 unspecified atom stereocenters. The molecule has 0 fully saturated rings. The molecule has 1 aliphatic rings. The van der Waals surface area contributed by atoms with Gasteiger partial charge < -0.3 is 9.84 Å². The molecule has 2 aromatic rings. The highest BCUT2D eigenvalue weighted by atomic mass is 32.1. The van der Waals surface area contributed by atoms with E-state index >= 15 is 0 Å². The van der Waals surface area contributed by atoms with E-state index in [4.69, 9.17) is 4.74 Å². The van der Waals surface area contributed by atoms with Gasteiger partial charge in [-0.05, 0) is 55.0 Å². The maximum absolute atomic E-state index is 10.4. The predicted octanol–water partition coefficient (Wildman–Crippen LogP) is 3.91. The van der Waals surface area contributed by atoms with Crippen LogP contribution in [0, 0.1) is 0 Å². The summed E-state index contributed by atoms with van der Waals surface area (Å²) in [5.74, 6) is 0.856. The molecule has 1 atom stereocenters. The highest BCUT2D eigenvalue weighted by Gasteiger charge is 2.17. The maximum Gasteiger partial charge on any atom is 0.118 e. The van der Waals surface area contributed by atoms with E-state index < -0.39 is 0 Å². The van der Waals surface area contributed by atoms with Crippen molar-refractivity contribution in [3.63, 3.8) is 0 Å². The van der Waals surface area contributed by atoms with Crippen molar-refractivity contribution in [2.45, 2.75) is 38.2 Å². The Bertz CT molecular complexity index is 548. The van der Waals surface area contributed by atoms with Gasteiger partial charge in [-0.2, -0.15) is 0 Å². The summed E-state index contributed by atoms with van der Waals surface area (Å²) in [6.45, 7) is 0. The third-order valence-electron chi connectivity index (χ3n) is 3.93. The zero-order chi connectivity index (χ0) is 13.9. The third-order valence-corrected chi connectivity index (χ3v) is 5.27. The van der Waals surface area contributed by atoms with Gasteiger partial charge in [0.15, 0.2) is 0 Å². The highest BCUT2D eigenvalue weighted by Crippen LogP contribution is 2.34. The molecule has 3 heteroatoms. The molecular formula is C17H20O2S. The van der Waals surface area contributed by atoms with Crippen LogP contribution in [-0.4, -0.2) is 12.2 Å². The monoisotopic (exact) mass is 288 g/mol. The van der Waals surface area contributed by atoms with E-state index in [1.807, 2.05) is 24.3 Å². The van der Waals surface area contributed by atoms with E-state index in [9.17, 15) is 5.11 Å². The van der Waals surface area contributed by atoms with Crippen LogP contribution >= 0.6 is 11.3 Å². The summed E-state index contributed by atoms with van der Waals surface area (Å²) in [6.07, 6.45) is 5.23. The minimum atomic E-state index is -0.390. The number of fused-ring (bicyclic) bond motifs is 1. The number of hydrogen-bond acceptors (Lipinski definition) is 3. The number of hydrogen-bond donors (Lipinski definition) is 1. The molecule has 1 N–H and O–H groups in total. The summed E-state index contributed by atoms with van der Waals surface area (Å²) in [5.41, 5.74) is 2.61. The molecule has 106 valence electrons. The number of ether oxygens (including phenoxy) is 1. The number of methoxy groups -OCH3 is 1. The van der Waals surface area contributed by atoms with Gasteiger partial charge in [-0.15, -0.1) is 11.3 Å². The van der Waals surface area contributed by atoms with E-state index in [2.05, 4.69) is 6.07 Å². The van der Waals surface area contributed by atoms with Crippen LogP contribution in [0.4, 0.5) is 0 Å². The first-order valence-electron chi connectivity index (χ1n) is 7.19. The van der Waals surface area contributed by atoms with Crippen molar-refractivity contribution in [2.75, 3.05) is 7.11 Å². The van der Waals surface area contributed by atoms with Gasteiger partial charge in [0.05, 0.1) is 13.2 Å². The zero-order valence-corrected chi connectivity index (χ0v) is 12.6. The quantitative estimate of drug-likeness (QED) is 0.924. The Labute approximate surface area is 124 Å². The molecule has 0 radical (unpaired) electrons. The zero-order valence-electron chi connectivity index (χ0n) is 11.8. The van der Waals surface area contributed by atoms with Gasteiger partial charge in [0, 0.05) is 16.2 Å². The van der Waals surface area contributed by atoms with Crippen LogP contribution in [0.25, 0.3) is 0 Å². The second kappa shape index (κ2) is 5.98. The molecule has 20 heavy (non-hydrogen) atoms. The minimum Gasteiger partial charge on any atom is -0.497 e. The molecule has 0 bridgehead atoms. The Hall–Kier alpha value is -1.32. The highest BCUT2D eigenvalue weighted by molar-refractivity contribution is 7.12. The summed E-state index contributed by atoms with van der Waals surface area (Å²) in [4.78, 5) is 2.60. The van der Waals surface area contributed by atoms with E-state index in [0.29, 0.717) is 6.42 Å². The molecule has 0 saturated heterocycles. The van der Waals surface area contributed by atoms with Gasteiger partial charge in [0.1, 0.15) is 5.75 Å². The Morgan fingerprint density at radius 1 is 1.20 bits per heavy atom. The average molecular weight is 288 g/mol. The summed E-state index contributed by atoms with van der Waals surface area (Å²) in [7, 11) is 1.67. The van der Waals surface area contributed by atoms with Crippen molar-refractivity contribution >= 4 is 11.3 Å². The second-order valence-electron chi connectivity index (χ2n) is 5.37. The molecule has 2 nitrogen and oxygen atoms in total. The first-order chi connectivity index (χ1) is 9.76. The Balaban J connectivity index is 1.71. The molecule has 1 heterocycles. The smallest absolute Gasteiger partial charge is 0.118 e. The van der Waals surface area contributed by atoms with Crippen LogP contribution in [0.1, 0.15) is 39.8 Å². The Morgan fingerprint density at radius 3 is 2.65 bits per heavy atom. The van der Waals surface area contributed by atoms with Crippen LogP contribution < -0.4 is 4.74 Å². The number of aliphatic hydroxyl groups excluding tert-OH is 1. The maximum atomic E-state index is 10.4. The summed E-state index contributed by atoms with van der Waals surface area (Å²) in [6, 6.07) is 10.2. The lowest BCUT2D eigenvalue weighted by atomic mass is 9.98. The van der Waals surface area contributed by atoms with Crippen molar-refractivity contribution in [1.29, 1.82) is 0 Å². The van der Waals surface area contributed by atoms with Gasteiger partial charge in [-0.1, -0.05) is 12.1 Å². The van der Waals surface area contributed by atoms with E-state index in [-0.39, 0.29) is 6.10 Å². The first-order valence-corrected chi connectivity index (χ1v) is 8.00. The van der Waals surface area contributed by atoms with E-state index in [1.54, 1.807) is 18.4 Å². The molecule has 0 amide bonds. The fourth-order valence-electron chi connectivity index (χ4n) is 2.76. The third kappa shape index (κ3) is 2.89. The lowest BCUT2D eigenvalue weighted by molar-refractivity contribution is 0.182. The van der Waals surface area contributed by atoms with Crippen molar-refractivity contribution < 1.29 is 9.84 Å². The van der Waals surface area contributed by atoms with Gasteiger partial charge in [-0.25, -0.2) is 0 Å². The van der Waals surface area contributed by atoms with Gasteiger partial charge in [0.25, 0.3) is 0 Å². The standard InChI is InChI=1S/C17H20O2S/c1-19-14-8-6-12(7-9-14)10-15(18)17-11-13-4-2-3-5-16(13)20-17/h6-9,11,15,18H,2-5,10H2,1H3. The number of aryl methyl sites for hydroxylation is 2. The molecule has 0 saturated carbocycles. The van der Waals surface area contributed by atoms with Crippen LogP contribution in [0.2, 0.25) is 0 Å². The van der Waals surface area contributed by atoms with Crippen LogP contribution in [0.15, 0.2) is 30.3 Å². The second-order valence-corrected chi connectivity index (χ2v) is 6.54. The molecule has 1 aromatic heterocycles. The molecule has 3 rings (SSSR count). The average Bonchev–Trinajstić information content (AvgIpc) is 2.92. The normalized spacial score (nSPS) is 15.7. The van der Waals surface area contributed by atoms with Crippen LogP contribution in [0.5, 0.6) is 5.75 Å². The van der Waals surface area contributed by atoms with Crippen LogP contribution in [0.3, 0.4) is 0 Å². The molecular weight excluding hydrogens is 268 g/mol. The lowest BCUT2D eigenvalue weighted by Crippen LogP contribution is -1.99. The van der Waals surface area contributed by atoms with Crippen molar-refractivity contribution in [1.82, 2.24) is 0 Å². The summed E-state index contributed by atoms with van der Waals surface area (Å²) >= 11 is 1.80. The van der Waals surface area contributed by atoms with Crippen molar-refractivity contribution in [2.24, 2.45) is 0 Å². The van der Waals surface area contributed by atoms with Crippen LogP contribution in [-0.2, 0) is 19.3 Å². The molecule has 1 aliphatic carbocycles. The number of rotatable bonds is 4. The van der Waals surface area contributed by atoms with Gasteiger partial charge >= 0.3 is 0 Å². The van der Waals surface area contributed by atoms with E-state index in [0.717, 1.165) is 16.2 Å². The number of aliphatic hydroxyl groups is 1. The lowest BCUT2D eigenvalue weighted by Gasteiger charge is -2.09. The topological polar surface area (TPSA) is 29.5 Å². The minimum absolute atomic E-state index is 0.390. The first kappa shape index (κ1) is 13.7. The Kier molecular flexibility index (Phi) is 4.08. The fourth-order valence-corrected chi connectivity index (χ4v) is 4.01. The number of thiophene rings is 1. The van der Waals surface area contributed by atoms with Crippen molar-refractivity contribution in [3.8, 4) is 5.75 Å². The van der Waals surface area contributed by atoms with E-state index in [1.165, 1.54) is 36.1 Å². The van der Waals surface area contributed by atoms with Gasteiger partial charge in [-0.3, -0.25) is 0 Å². The fraction of sp³-hybridized carbons (Fsp3) is 0.412. The summed E-state index contributed by atoms with van der Waals surface area (Å²) in [5, 5.41) is 10.4. The molecule has 0 spiro atoms. The SMILES string of the molecule is COc1ccc(CC(O)c2cc3c(s2)CCCC3)cc1. The Morgan fingerprint density at radius 2 is 1.95 bits per heavy atom. The molecule has 0 aliphatic heterocycles. The number of benzene rings is 1. The predicted molar refractivity (Wildman–Crippen MR) is 82.6 cm³/mol. The van der Waals surface area contributed by atoms with Gasteiger partial charge in [0.2, 0.25) is 0 Å². The summed E-state index contributed by atoms with van der Waals surface area (Å²) < 4.78 is 5.15. The largest absolute Gasteiger partial charge is 0.497 e.